The summed E-state index contributed by atoms with van der Waals surface area (Å²) in [5.41, 5.74) is 0. The van der Waals surface area contributed by atoms with Crippen molar-refractivity contribution in [2.45, 2.75) is 44.7 Å². The first-order valence-corrected chi connectivity index (χ1v) is 7.46. The first-order chi connectivity index (χ1) is 8.83. The van der Waals surface area contributed by atoms with Gasteiger partial charge in [0.1, 0.15) is 0 Å². The highest BCUT2D eigenvalue weighted by Crippen LogP contribution is 2.25. The fourth-order valence-corrected chi connectivity index (χ4v) is 2.88. The fraction of sp³-hybridized carbons (Fsp3) is 0.867. The highest BCUT2D eigenvalue weighted by molar-refractivity contribution is 4.90. The van der Waals surface area contributed by atoms with Gasteiger partial charge in [0.15, 0.2) is 0 Å². The van der Waals surface area contributed by atoms with Gasteiger partial charge in [0.05, 0.1) is 6.54 Å². The third-order valence-electron chi connectivity index (χ3n) is 4.20. The van der Waals surface area contributed by atoms with Crippen molar-refractivity contribution in [3.8, 4) is 12.3 Å². The molecule has 1 heterocycles. The van der Waals surface area contributed by atoms with E-state index in [9.17, 15) is 0 Å². The number of nitrogens with one attached hydrogen (secondary N) is 1. The lowest BCUT2D eigenvalue weighted by atomic mass is 10.1. The van der Waals surface area contributed by atoms with Crippen LogP contribution in [-0.2, 0) is 0 Å². The Morgan fingerprint density at radius 3 is 2.56 bits per heavy atom. The van der Waals surface area contributed by atoms with E-state index in [1.165, 1.54) is 38.8 Å². The summed E-state index contributed by atoms with van der Waals surface area (Å²) in [6, 6.07) is 1.60. The van der Waals surface area contributed by atoms with Gasteiger partial charge >= 0.3 is 0 Å². The van der Waals surface area contributed by atoms with Crippen molar-refractivity contribution in [3.05, 3.63) is 0 Å². The lowest BCUT2D eigenvalue weighted by Crippen LogP contribution is -2.45. The van der Waals surface area contributed by atoms with Gasteiger partial charge in [-0.2, -0.15) is 0 Å². The Morgan fingerprint density at radius 1 is 1.28 bits per heavy atom. The van der Waals surface area contributed by atoms with E-state index in [1.54, 1.807) is 0 Å². The molecule has 0 bridgehead atoms. The first-order valence-electron chi connectivity index (χ1n) is 7.46. The van der Waals surface area contributed by atoms with Gasteiger partial charge < -0.3 is 5.32 Å². The van der Waals surface area contributed by atoms with E-state index in [2.05, 4.69) is 28.0 Å². The SMILES string of the molecule is C#CCN1CCC(NCCN(CC)C2CC2)CC1. The van der Waals surface area contributed by atoms with Gasteiger partial charge in [-0.3, -0.25) is 9.80 Å². The number of rotatable bonds is 7. The highest BCUT2D eigenvalue weighted by Gasteiger charge is 2.27. The topological polar surface area (TPSA) is 18.5 Å². The molecule has 1 saturated heterocycles. The van der Waals surface area contributed by atoms with Crippen LogP contribution in [0.2, 0.25) is 0 Å². The first kappa shape index (κ1) is 13.9. The van der Waals surface area contributed by atoms with Crippen LogP contribution in [-0.4, -0.2) is 61.2 Å². The maximum atomic E-state index is 5.34. The van der Waals surface area contributed by atoms with Crippen molar-refractivity contribution in [2.75, 3.05) is 39.3 Å². The Labute approximate surface area is 112 Å². The summed E-state index contributed by atoms with van der Waals surface area (Å²) in [6.45, 7) is 8.96. The van der Waals surface area contributed by atoms with E-state index < -0.39 is 0 Å². The molecule has 2 fully saturated rings. The predicted molar refractivity (Wildman–Crippen MR) is 76.6 cm³/mol. The Hall–Kier alpha value is -0.560. The molecule has 0 aromatic rings. The van der Waals surface area contributed by atoms with Crippen LogP contribution in [0.3, 0.4) is 0 Å². The Balaban J connectivity index is 1.56. The number of piperidine rings is 1. The number of likely N-dealkylation sites (N-methyl/N-ethyl adjacent to an activating group) is 1. The number of hydrogen-bond acceptors (Lipinski definition) is 3. The third kappa shape index (κ3) is 4.28. The standard InChI is InChI=1S/C15H27N3/c1-3-10-17-11-7-14(8-12-17)16-9-13-18(4-2)15-5-6-15/h1,14-16H,4-13H2,2H3. The maximum Gasteiger partial charge on any atom is 0.0598 e. The molecule has 3 nitrogen and oxygen atoms in total. The minimum atomic E-state index is 0.705. The quantitative estimate of drug-likeness (QED) is 0.683. The zero-order chi connectivity index (χ0) is 12.8. The van der Waals surface area contributed by atoms with Crippen LogP contribution >= 0.6 is 0 Å². The van der Waals surface area contributed by atoms with Gasteiger partial charge in [-0.1, -0.05) is 12.8 Å². The summed E-state index contributed by atoms with van der Waals surface area (Å²) in [6.07, 6.45) is 10.7. The zero-order valence-electron chi connectivity index (χ0n) is 11.7. The van der Waals surface area contributed by atoms with Crippen LogP contribution in [0.1, 0.15) is 32.6 Å². The second-order valence-electron chi connectivity index (χ2n) is 5.57. The predicted octanol–water partition coefficient (Wildman–Crippen LogP) is 1.16. The molecule has 1 saturated carbocycles. The Morgan fingerprint density at radius 2 is 2.00 bits per heavy atom. The number of likely N-dealkylation sites (tertiary alicyclic amines) is 1. The van der Waals surface area contributed by atoms with Crippen molar-refractivity contribution in [1.82, 2.24) is 15.1 Å². The molecule has 3 heteroatoms. The second-order valence-corrected chi connectivity index (χ2v) is 5.57. The van der Waals surface area contributed by atoms with E-state index in [0.29, 0.717) is 6.04 Å². The largest absolute Gasteiger partial charge is 0.313 e. The molecule has 2 rings (SSSR count). The Kier molecular flexibility index (Phi) is 5.49. The highest BCUT2D eigenvalue weighted by atomic mass is 15.2. The van der Waals surface area contributed by atoms with Crippen LogP contribution in [0, 0.1) is 12.3 Å². The molecule has 1 N–H and O–H groups in total. The van der Waals surface area contributed by atoms with Gasteiger partial charge in [-0.15, -0.1) is 6.42 Å². The van der Waals surface area contributed by atoms with Crippen LogP contribution in [0.25, 0.3) is 0 Å². The molecule has 2 aliphatic rings. The minimum absolute atomic E-state index is 0.705. The van der Waals surface area contributed by atoms with Crippen LogP contribution in [0.15, 0.2) is 0 Å². The van der Waals surface area contributed by atoms with Gasteiger partial charge in [0.25, 0.3) is 0 Å². The molecular formula is C15H27N3. The lowest BCUT2D eigenvalue weighted by Gasteiger charge is -2.31. The van der Waals surface area contributed by atoms with E-state index >= 15 is 0 Å². The fourth-order valence-electron chi connectivity index (χ4n) is 2.88. The molecule has 18 heavy (non-hydrogen) atoms. The molecule has 0 spiro atoms. The van der Waals surface area contributed by atoms with Crippen molar-refractivity contribution < 1.29 is 0 Å². The normalized spacial score (nSPS) is 22.3. The van der Waals surface area contributed by atoms with Gasteiger partial charge in [-0.25, -0.2) is 0 Å². The number of nitrogens with zero attached hydrogens (tertiary/aromatic N) is 2. The van der Waals surface area contributed by atoms with E-state index in [0.717, 1.165) is 32.2 Å². The summed E-state index contributed by atoms with van der Waals surface area (Å²) in [4.78, 5) is 4.99. The lowest BCUT2D eigenvalue weighted by molar-refractivity contribution is 0.209. The molecule has 0 aromatic heterocycles. The van der Waals surface area contributed by atoms with E-state index in [1.807, 2.05) is 0 Å². The molecule has 0 unspecified atom stereocenters. The summed E-state index contributed by atoms with van der Waals surface area (Å²) < 4.78 is 0. The third-order valence-corrected chi connectivity index (χ3v) is 4.20. The molecular weight excluding hydrogens is 222 g/mol. The monoisotopic (exact) mass is 249 g/mol. The van der Waals surface area contributed by atoms with Gasteiger partial charge in [0.2, 0.25) is 0 Å². The van der Waals surface area contributed by atoms with Gasteiger partial charge in [0, 0.05) is 38.3 Å². The summed E-state index contributed by atoms with van der Waals surface area (Å²) in [5, 5.41) is 3.71. The van der Waals surface area contributed by atoms with Crippen LogP contribution < -0.4 is 5.32 Å². The molecule has 102 valence electrons. The molecule has 1 aliphatic carbocycles. The summed E-state index contributed by atoms with van der Waals surface area (Å²) in [5.74, 6) is 2.74. The summed E-state index contributed by atoms with van der Waals surface area (Å²) in [7, 11) is 0. The maximum absolute atomic E-state index is 5.34. The van der Waals surface area contributed by atoms with E-state index in [4.69, 9.17) is 6.42 Å². The molecule has 0 atom stereocenters. The number of hydrogen-bond donors (Lipinski definition) is 1. The zero-order valence-corrected chi connectivity index (χ0v) is 11.7. The molecule has 1 aliphatic heterocycles. The van der Waals surface area contributed by atoms with Crippen molar-refractivity contribution in [1.29, 1.82) is 0 Å². The Bertz CT molecular complexity index is 272. The average molecular weight is 249 g/mol. The van der Waals surface area contributed by atoms with Crippen molar-refractivity contribution in [2.24, 2.45) is 0 Å². The van der Waals surface area contributed by atoms with Crippen molar-refractivity contribution >= 4 is 0 Å². The minimum Gasteiger partial charge on any atom is -0.313 e. The van der Waals surface area contributed by atoms with Crippen LogP contribution in [0.5, 0.6) is 0 Å². The number of terminal acetylenes is 1. The van der Waals surface area contributed by atoms with Gasteiger partial charge in [-0.05, 0) is 32.2 Å². The molecule has 0 radical (unpaired) electrons. The smallest absolute Gasteiger partial charge is 0.0598 e. The van der Waals surface area contributed by atoms with E-state index in [-0.39, 0.29) is 0 Å². The molecule has 0 aromatic carbocycles. The van der Waals surface area contributed by atoms with Crippen molar-refractivity contribution in [3.63, 3.8) is 0 Å². The summed E-state index contributed by atoms with van der Waals surface area (Å²) >= 11 is 0. The van der Waals surface area contributed by atoms with Crippen LogP contribution in [0.4, 0.5) is 0 Å². The second kappa shape index (κ2) is 7.13. The average Bonchev–Trinajstić information content (AvgIpc) is 3.21. The molecule has 0 amide bonds.